The Morgan fingerprint density at radius 1 is 1.28 bits per heavy atom. The number of methoxy groups -OCH3 is 1. The van der Waals surface area contributed by atoms with Crippen molar-refractivity contribution < 1.29 is 14.3 Å². The predicted octanol–water partition coefficient (Wildman–Crippen LogP) is 3.62. The Bertz CT molecular complexity index is 760. The molecule has 0 bridgehead atoms. The third-order valence-corrected chi connectivity index (χ3v) is 3.71. The molecule has 0 radical (unpaired) electrons. The van der Waals surface area contributed by atoms with Crippen molar-refractivity contribution in [1.29, 1.82) is 0 Å². The number of esters is 1. The van der Waals surface area contributed by atoms with Crippen LogP contribution in [0.3, 0.4) is 0 Å². The lowest BCUT2D eigenvalue weighted by Gasteiger charge is -2.18. The van der Waals surface area contributed by atoms with Crippen molar-refractivity contribution in [3.63, 3.8) is 0 Å². The fourth-order valence-corrected chi connectivity index (χ4v) is 2.41. The maximum atomic E-state index is 12.3. The second kappa shape index (κ2) is 8.63. The quantitative estimate of drug-likeness (QED) is 0.622. The highest BCUT2D eigenvalue weighted by atomic mass is 16.5. The van der Waals surface area contributed by atoms with E-state index in [1.54, 1.807) is 36.7 Å². The number of nitrogens with one attached hydrogen (secondary N) is 2. The first-order valence-corrected chi connectivity index (χ1v) is 7.82. The van der Waals surface area contributed by atoms with Crippen molar-refractivity contribution >= 4 is 17.7 Å². The highest BCUT2D eigenvalue weighted by Crippen LogP contribution is 2.19. The van der Waals surface area contributed by atoms with Crippen LogP contribution in [-0.2, 0) is 4.74 Å². The van der Waals surface area contributed by atoms with Gasteiger partial charge in [-0.1, -0.05) is 6.08 Å². The van der Waals surface area contributed by atoms with E-state index >= 15 is 0 Å². The van der Waals surface area contributed by atoms with E-state index in [1.165, 1.54) is 7.11 Å². The molecule has 0 spiro atoms. The molecule has 6 heteroatoms. The van der Waals surface area contributed by atoms with Gasteiger partial charge in [-0.15, -0.1) is 6.58 Å². The lowest BCUT2D eigenvalue weighted by molar-refractivity contribution is 0.0600. The van der Waals surface area contributed by atoms with Crippen LogP contribution in [-0.4, -0.2) is 24.1 Å². The fourth-order valence-electron chi connectivity index (χ4n) is 2.41. The second-order valence-corrected chi connectivity index (χ2v) is 5.48. The normalized spacial score (nSPS) is 11.3. The summed E-state index contributed by atoms with van der Waals surface area (Å²) in [5.41, 5.74) is 2.77. The van der Waals surface area contributed by atoms with Gasteiger partial charge in [0.2, 0.25) is 0 Å². The summed E-state index contributed by atoms with van der Waals surface area (Å²) in [4.78, 5) is 27.9. The molecule has 1 atom stereocenters. The van der Waals surface area contributed by atoms with Gasteiger partial charge in [-0.3, -0.25) is 4.98 Å². The van der Waals surface area contributed by atoms with Gasteiger partial charge in [0.05, 0.1) is 18.7 Å². The van der Waals surface area contributed by atoms with E-state index in [2.05, 4.69) is 26.9 Å². The number of benzene rings is 1. The lowest BCUT2D eigenvalue weighted by atomic mass is 10.1. The van der Waals surface area contributed by atoms with Crippen LogP contribution in [0.4, 0.5) is 10.5 Å². The number of ether oxygens (including phenoxy) is 1. The minimum atomic E-state index is -0.414. The SMILES string of the molecule is C=CCC(NC(=O)Nc1ccc(C(=O)OC)cc1C)c1ccncc1. The zero-order valence-electron chi connectivity index (χ0n) is 14.3. The van der Waals surface area contributed by atoms with Crippen molar-refractivity contribution in [2.24, 2.45) is 0 Å². The molecule has 0 aliphatic carbocycles. The zero-order chi connectivity index (χ0) is 18.2. The number of aryl methyl sites for hydroxylation is 1. The minimum Gasteiger partial charge on any atom is -0.465 e. The van der Waals surface area contributed by atoms with E-state index in [0.717, 1.165) is 11.1 Å². The number of hydrogen-bond acceptors (Lipinski definition) is 4. The number of aromatic nitrogens is 1. The molecular formula is C19H21N3O3. The Kier molecular flexibility index (Phi) is 6.28. The largest absolute Gasteiger partial charge is 0.465 e. The number of nitrogens with zero attached hydrogens (tertiary/aromatic N) is 1. The van der Waals surface area contributed by atoms with Crippen LogP contribution < -0.4 is 10.6 Å². The molecule has 0 aliphatic rings. The van der Waals surface area contributed by atoms with E-state index in [0.29, 0.717) is 17.7 Å². The molecule has 0 saturated carbocycles. The Morgan fingerprint density at radius 2 is 2.00 bits per heavy atom. The molecule has 6 nitrogen and oxygen atoms in total. The second-order valence-electron chi connectivity index (χ2n) is 5.48. The molecule has 0 fully saturated rings. The molecular weight excluding hydrogens is 318 g/mol. The van der Waals surface area contributed by atoms with Crippen LogP contribution in [0, 0.1) is 6.92 Å². The molecule has 2 aromatic rings. The Labute approximate surface area is 146 Å². The molecule has 130 valence electrons. The standard InChI is InChI=1S/C19H21N3O3/c1-4-5-17(14-8-10-20-11-9-14)22-19(24)21-16-7-6-15(12-13(16)2)18(23)25-3/h4,6-12,17H,1,5H2,2-3H3,(H2,21,22,24). The summed E-state index contributed by atoms with van der Waals surface area (Å²) in [6.45, 7) is 5.55. The molecule has 0 saturated heterocycles. The van der Waals surface area contributed by atoms with Crippen molar-refractivity contribution in [3.05, 3.63) is 72.1 Å². The number of anilines is 1. The summed E-state index contributed by atoms with van der Waals surface area (Å²) in [5.74, 6) is -0.414. The summed E-state index contributed by atoms with van der Waals surface area (Å²) in [5, 5.41) is 5.72. The zero-order valence-corrected chi connectivity index (χ0v) is 14.3. The Hall–Kier alpha value is -3.15. The summed E-state index contributed by atoms with van der Waals surface area (Å²) < 4.78 is 4.69. The summed E-state index contributed by atoms with van der Waals surface area (Å²) in [7, 11) is 1.33. The number of carbonyl (C=O) groups excluding carboxylic acids is 2. The van der Waals surface area contributed by atoms with Crippen molar-refractivity contribution in [1.82, 2.24) is 10.3 Å². The van der Waals surface area contributed by atoms with Crippen LogP contribution in [0.2, 0.25) is 0 Å². The van der Waals surface area contributed by atoms with Gasteiger partial charge in [0.15, 0.2) is 0 Å². The molecule has 2 rings (SSSR count). The summed E-state index contributed by atoms with van der Waals surface area (Å²) in [6, 6.07) is 8.13. The number of carbonyl (C=O) groups is 2. The van der Waals surface area contributed by atoms with Gasteiger partial charge < -0.3 is 15.4 Å². The van der Waals surface area contributed by atoms with E-state index < -0.39 is 5.97 Å². The molecule has 1 unspecified atom stereocenters. The molecule has 2 amide bonds. The topological polar surface area (TPSA) is 80.3 Å². The van der Waals surface area contributed by atoms with Crippen molar-refractivity contribution in [2.45, 2.75) is 19.4 Å². The lowest BCUT2D eigenvalue weighted by Crippen LogP contribution is -2.32. The maximum Gasteiger partial charge on any atom is 0.337 e. The number of amides is 2. The van der Waals surface area contributed by atoms with E-state index in [4.69, 9.17) is 0 Å². The number of hydrogen-bond donors (Lipinski definition) is 2. The summed E-state index contributed by atoms with van der Waals surface area (Å²) >= 11 is 0. The highest BCUT2D eigenvalue weighted by molar-refractivity contribution is 5.93. The first-order chi connectivity index (χ1) is 12.0. The van der Waals surface area contributed by atoms with Gasteiger partial charge in [-0.05, 0) is 54.8 Å². The van der Waals surface area contributed by atoms with Gasteiger partial charge in [0.1, 0.15) is 0 Å². The Balaban J connectivity index is 2.08. The third-order valence-electron chi connectivity index (χ3n) is 3.71. The first-order valence-electron chi connectivity index (χ1n) is 7.82. The van der Waals surface area contributed by atoms with Crippen molar-refractivity contribution in [3.8, 4) is 0 Å². The number of pyridine rings is 1. The van der Waals surface area contributed by atoms with Gasteiger partial charge in [-0.2, -0.15) is 0 Å². The van der Waals surface area contributed by atoms with Gasteiger partial charge in [-0.25, -0.2) is 9.59 Å². The highest BCUT2D eigenvalue weighted by Gasteiger charge is 2.14. The van der Waals surface area contributed by atoms with E-state index in [1.807, 2.05) is 19.1 Å². The third kappa shape index (κ3) is 4.91. The van der Waals surface area contributed by atoms with E-state index in [9.17, 15) is 9.59 Å². The average molecular weight is 339 g/mol. The monoisotopic (exact) mass is 339 g/mol. The molecule has 1 aromatic carbocycles. The van der Waals surface area contributed by atoms with Gasteiger partial charge in [0, 0.05) is 18.1 Å². The smallest absolute Gasteiger partial charge is 0.337 e. The maximum absolute atomic E-state index is 12.3. The number of rotatable bonds is 6. The molecule has 1 heterocycles. The summed E-state index contributed by atoms with van der Waals surface area (Å²) in [6.07, 6.45) is 5.71. The van der Waals surface area contributed by atoms with Crippen LogP contribution in [0.5, 0.6) is 0 Å². The van der Waals surface area contributed by atoms with Crippen LogP contribution >= 0.6 is 0 Å². The minimum absolute atomic E-state index is 0.199. The predicted molar refractivity (Wildman–Crippen MR) is 96.5 cm³/mol. The number of urea groups is 1. The van der Waals surface area contributed by atoms with Crippen molar-refractivity contribution in [2.75, 3.05) is 12.4 Å². The van der Waals surface area contributed by atoms with Gasteiger partial charge >= 0.3 is 12.0 Å². The fraction of sp³-hybridized carbons (Fsp3) is 0.211. The molecule has 1 aromatic heterocycles. The molecule has 2 N–H and O–H groups in total. The van der Waals surface area contributed by atoms with Gasteiger partial charge in [0.25, 0.3) is 0 Å². The Morgan fingerprint density at radius 3 is 2.60 bits per heavy atom. The average Bonchev–Trinajstić information content (AvgIpc) is 2.63. The van der Waals surface area contributed by atoms with Crippen LogP contribution in [0.1, 0.15) is 33.9 Å². The molecule has 25 heavy (non-hydrogen) atoms. The molecule has 0 aliphatic heterocycles. The first kappa shape index (κ1) is 18.2. The van der Waals surface area contributed by atoms with Crippen LogP contribution in [0.25, 0.3) is 0 Å². The van der Waals surface area contributed by atoms with E-state index in [-0.39, 0.29) is 12.1 Å². The van der Waals surface area contributed by atoms with Crippen LogP contribution in [0.15, 0.2) is 55.4 Å².